The third-order valence-corrected chi connectivity index (χ3v) is 1.39. The van der Waals surface area contributed by atoms with Gasteiger partial charge in [-0.1, -0.05) is 0 Å². The lowest BCUT2D eigenvalue weighted by Crippen LogP contribution is -2.34. The fourth-order valence-electron chi connectivity index (χ4n) is 0.418. The van der Waals surface area contributed by atoms with E-state index in [1.807, 2.05) is 0 Å². The molecule has 0 aliphatic carbocycles. The van der Waals surface area contributed by atoms with Crippen molar-refractivity contribution < 1.29 is 23.7 Å². The molecule has 2 amide bonds. The van der Waals surface area contributed by atoms with Gasteiger partial charge in [-0.15, -0.1) is 0 Å². The standard InChI is InChI=1S/C4H11N2O5P/c1-5-4(7)6-2-3-11-12(8,9)10/h2-3H2,1H3,(H2,5,6,7)(H2,8,9,10). The number of hydrogen-bond donors (Lipinski definition) is 4. The molecule has 0 aliphatic rings. The molecule has 8 heteroatoms. The number of rotatable bonds is 4. The van der Waals surface area contributed by atoms with E-state index in [1.165, 1.54) is 7.05 Å². The van der Waals surface area contributed by atoms with Crippen molar-refractivity contribution in [3.8, 4) is 0 Å². The molecule has 0 fully saturated rings. The van der Waals surface area contributed by atoms with Crippen molar-refractivity contribution in [2.24, 2.45) is 0 Å². The third-order valence-electron chi connectivity index (χ3n) is 0.874. The van der Waals surface area contributed by atoms with Gasteiger partial charge in [-0.2, -0.15) is 0 Å². The SMILES string of the molecule is CNC(=O)NCCOP(=O)(O)O. The summed E-state index contributed by atoms with van der Waals surface area (Å²) in [6.07, 6.45) is 0. The van der Waals surface area contributed by atoms with Crippen molar-refractivity contribution in [2.75, 3.05) is 20.2 Å². The van der Waals surface area contributed by atoms with Gasteiger partial charge >= 0.3 is 13.9 Å². The molecule has 0 aromatic heterocycles. The first-order valence-electron chi connectivity index (χ1n) is 3.11. The molecule has 0 aliphatic heterocycles. The van der Waals surface area contributed by atoms with Gasteiger partial charge in [0.25, 0.3) is 0 Å². The molecule has 0 rings (SSSR count). The molecule has 0 aromatic carbocycles. The van der Waals surface area contributed by atoms with E-state index in [9.17, 15) is 9.36 Å². The zero-order valence-electron chi connectivity index (χ0n) is 6.48. The lowest BCUT2D eigenvalue weighted by atomic mass is 10.7. The second-order valence-corrected chi connectivity index (χ2v) is 3.07. The van der Waals surface area contributed by atoms with Crippen LogP contribution < -0.4 is 10.6 Å². The summed E-state index contributed by atoms with van der Waals surface area (Å²) < 4.78 is 14.1. The van der Waals surface area contributed by atoms with E-state index in [2.05, 4.69) is 15.2 Å². The topological polar surface area (TPSA) is 108 Å². The average Bonchev–Trinajstić information content (AvgIpc) is 1.96. The van der Waals surface area contributed by atoms with Gasteiger partial charge < -0.3 is 20.4 Å². The fourth-order valence-corrected chi connectivity index (χ4v) is 0.747. The molecule has 0 atom stereocenters. The number of carbonyl (C=O) groups is 1. The molecule has 0 radical (unpaired) electrons. The van der Waals surface area contributed by atoms with Gasteiger partial charge in [0.1, 0.15) is 0 Å². The number of hydrogen-bond acceptors (Lipinski definition) is 3. The molecule has 4 N–H and O–H groups in total. The minimum absolute atomic E-state index is 0.0464. The van der Waals surface area contributed by atoms with Crippen LogP contribution in [0.3, 0.4) is 0 Å². The minimum atomic E-state index is -4.41. The summed E-state index contributed by atoms with van der Waals surface area (Å²) in [5, 5.41) is 4.55. The molecule has 72 valence electrons. The normalized spacial score (nSPS) is 10.9. The van der Waals surface area contributed by atoms with Gasteiger partial charge in [-0.3, -0.25) is 4.52 Å². The van der Waals surface area contributed by atoms with Gasteiger partial charge in [0, 0.05) is 13.6 Å². The van der Waals surface area contributed by atoms with Crippen LogP contribution in [0.5, 0.6) is 0 Å². The van der Waals surface area contributed by atoms with Crippen LogP contribution in [0.15, 0.2) is 0 Å². The lowest BCUT2D eigenvalue weighted by molar-refractivity contribution is 0.195. The van der Waals surface area contributed by atoms with Crippen molar-refractivity contribution in [3.63, 3.8) is 0 Å². The summed E-state index contributed by atoms with van der Waals surface area (Å²) in [5.41, 5.74) is 0. The van der Waals surface area contributed by atoms with Crippen molar-refractivity contribution in [3.05, 3.63) is 0 Å². The Morgan fingerprint density at radius 1 is 1.58 bits per heavy atom. The van der Waals surface area contributed by atoms with E-state index in [0.717, 1.165) is 0 Å². The first-order chi connectivity index (χ1) is 5.45. The van der Waals surface area contributed by atoms with Crippen LogP contribution in [0.1, 0.15) is 0 Å². The highest BCUT2D eigenvalue weighted by Crippen LogP contribution is 2.34. The number of amides is 2. The van der Waals surface area contributed by atoms with Crippen molar-refractivity contribution in [2.45, 2.75) is 0 Å². The van der Waals surface area contributed by atoms with Crippen LogP contribution >= 0.6 is 7.82 Å². The molecule has 0 bridgehead atoms. The zero-order valence-corrected chi connectivity index (χ0v) is 7.38. The quantitative estimate of drug-likeness (QED) is 0.343. The van der Waals surface area contributed by atoms with Crippen molar-refractivity contribution in [1.29, 1.82) is 0 Å². The van der Waals surface area contributed by atoms with Gasteiger partial charge in [0.05, 0.1) is 6.61 Å². The Hall–Kier alpha value is -0.620. The summed E-state index contributed by atoms with van der Waals surface area (Å²) in [6.45, 7) is -0.178. The summed E-state index contributed by atoms with van der Waals surface area (Å²) in [4.78, 5) is 26.9. The Morgan fingerprint density at radius 3 is 2.58 bits per heavy atom. The van der Waals surface area contributed by atoms with Crippen molar-refractivity contribution in [1.82, 2.24) is 10.6 Å². The Balaban J connectivity index is 3.34. The van der Waals surface area contributed by atoms with Crippen LogP contribution in [0.4, 0.5) is 4.79 Å². The summed E-state index contributed by atoms with van der Waals surface area (Å²) in [7, 11) is -2.98. The van der Waals surface area contributed by atoms with Gasteiger partial charge in [0.2, 0.25) is 0 Å². The second-order valence-electron chi connectivity index (χ2n) is 1.83. The number of carbonyl (C=O) groups excluding carboxylic acids is 1. The van der Waals surface area contributed by atoms with Crippen LogP contribution in [-0.4, -0.2) is 36.0 Å². The molecule has 0 spiro atoms. The highest BCUT2D eigenvalue weighted by Gasteiger charge is 2.12. The maximum Gasteiger partial charge on any atom is 0.469 e. The highest BCUT2D eigenvalue weighted by molar-refractivity contribution is 7.46. The Kier molecular flexibility index (Phi) is 4.84. The lowest BCUT2D eigenvalue weighted by Gasteiger charge is -2.05. The first-order valence-corrected chi connectivity index (χ1v) is 4.64. The Bertz CT molecular complexity index is 190. The number of nitrogens with one attached hydrogen (secondary N) is 2. The second kappa shape index (κ2) is 5.10. The van der Waals surface area contributed by atoms with Crippen LogP contribution in [-0.2, 0) is 9.09 Å². The molecular weight excluding hydrogens is 187 g/mol. The van der Waals surface area contributed by atoms with E-state index in [0.29, 0.717) is 0 Å². The monoisotopic (exact) mass is 198 g/mol. The average molecular weight is 198 g/mol. The number of urea groups is 1. The van der Waals surface area contributed by atoms with Crippen molar-refractivity contribution >= 4 is 13.9 Å². The van der Waals surface area contributed by atoms with Gasteiger partial charge in [-0.25, -0.2) is 9.36 Å². The minimum Gasteiger partial charge on any atom is -0.341 e. The molecule has 0 saturated carbocycles. The summed E-state index contributed by atoms with van der Waals surface area (Å²) >= 11 is 0. The highest BCUT2D eigenvalue weighted by atomic mass is 31.2. The number of phosphoric ester groups is 1. The predicted octanol–water partition coefficient (Wildman–Crippen LogP) is -0.975. The molecule has 0 aromatic rings. The Morgan fingerprint density at radius 2 is 2.17 bits per heavy atom. The predicted molar refractivity (Wildman–Crippen MR) is 40.5 cm³/mol. The maximum atomic E-state index is 10.5. The smallest absolute Gasteiger partial charge is 0.341 e. The molecule has 0 unspecified atom stereocenters. The molecule has 0 heterocycles. The maximum absolute atomic E-state index is 10.5. The molecule has 0 saturated heterocycles. The van der Waals surface area contributed by atoms with E-state index < -0.39 is 13.9 Å². The van der Waals surface area contributed by atoms with E-state index in [1.54, 1.807) is 0 Å². The van der Waals surface area contributed by atoms with Gasteiger partial charge in [-0.05, 0) is 0 Å². The van der Waals surface area contributed by atoms with E-state index in [-0.39, 0.29) is 13.2 Å². The zero-order chi connectivity index (χ0) is 9.61. The summed E-state index contributed by atoms with van der Waals surface area (Å²) in [5.74, 6) is 0. The third kappa shape index (κ3) is 7.49. The Labute approximate surface area is 69.3 Å². The molecular formula is C4H11N2O5P. The number of phosphoric acid groups is 1. The van der Waals surface area contributed by atoms with Crippen LogP contribution in [0.2, 0.25) is 0 Å². The van der Waals surface area contributed by atoms with Crippen LogP contribution in [0.25, 0.3) is 0 Å². The largest absolute Gasteiger partial charge is 0.469 e. The fraction of sp³-hybridized carbons (Fsp3) is 0.750. The van der Waals surface area contributed by atoms with E-state index in [4.69, 9.17) is 9.79 Å². The first kappa shape index (κ1) is 11.4. The van der Waals surface area contributed by atoms with E-state index >= 15 is 0 Å². The summed E-state index contributed by atoms with van der Waals surface area (Å²) in [6, 6.07) is -0.427. The van der Waals surface area contributed by atoms with Gasteiger partial charge in [0.15, 0.2) is 0 Å². The molecule has 7 nitrogen and oxygen atoms in total. The van der Waals surface area contributed by atoms with Crippen LogP contribution in [0, 0.1) is 0 Å². The molecule has 12 heavy (non-hydrogen) atoms.